The predicted octanol–water partition coefficient (Wildman–Crippen LogP) is 1.18. The average Bonchev–Trinajstić information content (AvgIpc) is 2.67. The molecule has 1 unspecified atom stereocenters. The summed E-state index contributed by atoms with van der Waals surface area (Å²) in [6.07, 6.45) is 6.32. The summed E-state index contributed by atoms with van der Waals surface area (Å²) in [5.41, 5.74) is 5.34. The molecule has 0 spiro atoms. The molecule has 0 aromatic carbocycles. The van der Waals surface area contributed by atoms with Gasteiger partial charge >= 0.3 is 6.03 Å². The lowest BCUT2D eigenvalue weighted by Gasteiger charge is -2.35. The molecule has 5 heteroatoms. The van der Waals surface area contributed by atoms with E-state index in [1.54, 1.807) is 0 Å². The highest BCUT2D eigenvalue weighted by Gasteiger charge is 2.29. The van der Waals surface area contributed by atoms with E-state index in [1.807, 2.05) is 9.80 Å². The Bertz CT molecular complexity index is 311. The number of primary amides is 1. The molecule has 0 aromatic rings. The molecule has 0 bridgehead atoms. The van der Waals surface area contributed by atoms with Crippen molar-refractivity contribution in [2.75, 3.05) is 26.2 Å². The normalized spacial score (nSPS) is 25.7. The molecule has 2 heterocycles. The topological polar surface area (TPSA) is 66.6 Å². The standard InChI is InChI=1S/C13H23N3O2/c14-12(17)11-6-5-9-16(10-11)13(18)15-7-3-1-2-4-8-15/h11H,1-10H2,(H2,14,17). The van der Waals surface area contributed by atoms with Crippen LogP contribution in [0.25, 0.3) is 0 Å². The molecule has 2 N–H and O–H groups in total. The average molecular weight is 253 g/mol. The van der Waals surface area contributed by atoms with Crippen molar-refractivity contribution in [3.8, 4) is 0 Å². The number of carbonyl (C=O) groups is 2. The van der Waals surface area contributed by atoms with Crippen LogP contribution in [0.4, 0.5) is 4.79 Å². The Morgan fingerprint density at radius 2 is 1.50 bits per heavy atom. The van der Waals surface area contributed by atoms with Crippen molar-refractivity contribution in [1.82, 2.24) is 9.80 Å². The van der Waals surface area contributed by atoms with E-state index in [0.29, 0.717) is 6.54 Å². The highest BCUT2D eigenvalue weighted by atomic mass is 16.2. The van der Waals surface area contributed by atoms with Crippen molar-refractivity contribution in [3.63, 3.8) is 0 Å². The van der Waals surface area contributed by atoms with Gasteiger partial charge in [0.15, 0.2) is 0 Å². The maximum atomic E-state index is 12.4. The summed E-state index contributed by atoms with van der Waals surface area (Å²) in [4.78, 5) is 27.3. The minimum atomic E-state index is -0.275. The molecule has 18 heavy (non-hydrogen) atoms. The Kier molecular flexibility index (Phi) is 4.44. The van der Waals surface area contributed by atoms with E-state index in [9.17, 15) is 9.59 Å². The van der Waals surface area contributed by atoms with Gasteiger partial charge in [-0.1, -0.05) is 12.8 Å². The lowest BCUT2D eigenvalue weighted by Crippen LogP contribution is -2.49. The van der Waals surface area contributed by atoms with Crippen LogP contribution in [0.15, 0.2) is 0 Å². The van der Waals surface area contributed by atoms with Crippen molar-refractivity contribution in [1.29, 1.82) is 0 Å². The maximum Gasteiger partial charge on any atom is 0.320 e. The molecule has 5 nitrogen and oxygen atoms in total. The van der Waals surface area contributed by atoms with Gasteiger partial charge < -0.3 is 15.5 Å². The minimum Gasteiger partial charge on any atom is -0.369 e. The van der Waals surface area contributed by atoms with Gasteiger partial charge in [0.25, 0.3) is 0 Å². The number of amides is 3. The number of rotatable bonds is 1. The highest BCUT2D eigenvalue weighted by molar-refractivity contribution is 5.79. The van der Waals surface area contributed by atoms with Crippen LogP contribution in [-0.2, 0) is 4.79 Å². The number of urea groups is 1. The molecular weight excluding hydrogens is 230 g/mol. The minimum absolute atomic E-state index is 0.0999. The lowest BCUT2D eigenvalue weighted by atomic mass is 9.98. The van der Waals surface area contributed by atoms with E-state index in [-0.39, 0.29) is 17.9 Å². The molecule has 102 valence electrons. The number of piperidine rings is 1. The monoisotopic (exact) mass is 253 g/mol. The van der Waals surface area contributed by atoms with E-state index < -0.39 is 0 Å². The quantitative estimate of drug-likeness (QED) is 0.762. The number of hydrogen-bond donors (Lipinski definition) is 1. The summed E-state index contributed by atoms with van der Waals surface area (Å²) >= 11 is 0. The molecule has 1 atom stereocenters. The first kappa shape index (κ1) is 13.2. The van der Waals surface area contributed by atoms with Gasteiger partial charge in [-0.2, -0.15) is 0 Å². The zero-order valence-corrected chi connectivity index (χ0v) is 10.9. The van der Waals surface area contributed by atoms with Crippen LogP contribution in [0.1, 0.15) is 38.5 Å². The van der Waals surface area contributed by atoms with Crippen molar-refractivity contribution >= 4 is 11.9 Å². The van der Waals surface area contributed by atoms with Gasteiger partial charge in [-0.25, -0.2) is 4.79 Å². The van der Waals surface area contributed by atoms with Gasteiger partial charge in [-0.05, 0) is 25.7 Å². The third kappa shape index (κ3) is 3.15. The predicted molar refractivity (Wildman–Crippen MR) is 68.9 cm³/mol. The van der Waals surface area contributed by atoms with Crippen LogP contribution in [0.3, 0.4) is 0 Å². The smallest absolute Gasteiger partial charge is 0.320 e. The fourth-order valence-corrected chi connectivity index (χ4v) is 2.85. The fraction of sp³-hybridized carbons (Fsp3) is 0.846. The molecule has 0 saturated carbocycles. The maximum absolute atomic E-state index is 12.4. The van der Waals surface area contributed by atoms with Crippen molar-refractivity contribution in [3.05, 3.63) is 0 Å². The zero-order valence-electron chi connectivity index (χ0n) is 10.9. The van der Waals surface area contributed by atoms with Crippen molar-refractivity contribution < 1.29 is 9.59 Å². The second-order valence-corrected chi connectivity index (χ2v) is 5.37. The molecule has 2 saturated heterocycles. The number of likely N-dealkylation sites (tertiary alicyclic amines) is 2. The van der Waals surface area contributed by atoms with Crippen LogP contribution < -0.4 is 5.73 Å². The summed E-state index contributed by atoms with van der Waals surface area (Å²) in [5.74, 6) is -0.432. The van der Waals surface area contributed by atoms with Crippen LogP contribution in [-0.4, -0.2) is 47.9 Å². The molecule has 2 rings (SSSR count). The van der Waals surface area contributed by atoms with Crippen LogP contribution in [0.5, 0.6) is 0 Å². The Labute approximate surface area is 108 Å². The largest absolute Gasteiger partial charge is 0.369 e. The summed E-state index contributed by atoms with van der Waals surface area (Å²) in [5, 5.41) is 0. The van der Waals surface area contributed by atoms with Crippen LogP contribution in [0.2, 0.25) is 0 Å². The highest BCUT2D eigenvalue weighted by Crippen LogP contribution is 2.19. The molecule has 3 amide bonds. The van der Waals surface area contributed by atoms with Crippen molar-refractivity contribution in [2.45, 2.75) is 38.5 Å². The van der Waals surface area contributed by atoms with E-state index in [1.165, 1.54) is 12.8 Å². The summed E-state index contributed by atoms with van der Waals surface area (Å²) in [6, 6.07) is 0.0999. The third-order valence-corrected chi connectivity index (χ3v) is 3.97. The summed E-state index contributed by atoms with van der Waals surface area (Å²) in [7, 11) is 0. The Hall–Kier alpha value is -1.26. The van der Waals surface area contributed by atoms with E-state index >= 15 is 0 Å². The van der Waals surface area contributed by atoms with Gasteiger partial charge in [0, 0.05) is 26.2 Å². The fourth-order valence-electron chi connectivity index (χ4n) is 2.85. The molecule has 2 fully saturated rings. The molecule has 2 aliphatic rings. The SMILES string of the molecule is NC(=O)C1CCCN(C(=O)N2CCCCCC2)C1. The Balaban J connectivity index is 1.92. The number of nitrogens with two attached hydrogens (primary N) is 1. The van der Waals surface area contributed by atoms with E-state index in [2.05, 4.69) is 0 Å². The van der Waals surface area contributed by atoms with Crippen LogP contribution >= 0.6 is 0 Å². The van der Waals surface area contributed by atoms with Gasteiger partial charge in [-0.15, -0.1) is 0 Å². The second kappa shape index (κ2) is 6.07. The first-order valence-electron chi connectivity index (χ1n) is 7.01. The molecular formula is C13H23N3O2. The number of nitrogens with zero attached hydrogens (tertiary/aromatic N) is 2. The first-order valence-corrected chi connectivity index (χ1v) is 7.01. The first-order chi connectivity index (χ1) is 8.68. The lowest BCUT2D eigenvalue weighted by molar-refractivity contribution is -0.123. The summed E-state index contributed by atoms with van der Waals surface area (Å²) in [6.45, 7) is 2.98. The van der Waals surface area contributed by atoms with E-state index in [0.717, 1.165) is 45.3 Å². The molecule has 2 aliphatic heterocycles. The van der Waals surface area contributed by atoms with Gasteiger partial charge in [0.05, 0.1) is 5.92 Å². The van der Waals surface area contributed by atoms with Crippen LogP contribution in [0, 0.1) is 5.92 Å². The van der Waals surface area contributed by atoms with Gasteiger partial charge in [0.1, 0.15) is 0 Å². The third-order valence-electron chi connectivity index (χ3n) is 3.97. The Morgan fingerprint density at radius 3 is 2.11 bits per heavy atom. The number of carbonyl (C=O) groups excluding carboxylic acids is 2. The Morgan fingerprint density at radius 1 is 0.889 bits per heavy atom. The summed E-state index contributed by atoms with van der Waals surface area (Å²) < 4.78 is 0. The molecule has 0 radical (unpaired) electrons. The van der Waals surface area contributed by atoms with E-state index in [4.69, 9.17) is 5.73 Å². The molecule has 0 aliphatic carbocycles. The van der Waals surface area contributed by atoms with Gasteiger partial charge in [-0.3, -0.25) is 4.79 Å². The zero-order chi connectivity index (χ0) is 13.0. The van der Waals surface area contributed by atoms with Gasteiger partial charge in [0.2, 0.25) is 5.91 Å². The molecule has 0 aromatic heterocycles. The number of hydrogen-bond acceptors (Lipinski definition) is 2. The van der Waals surface area contributed by atoms with Crippen molar-refractivity contribution in [2.24, 2.45) is 11.7 Å². The second-order valence-electron chi connectivity index (χ2n) is 5.37.